The van der Waals surface area contributed by atoms with E-state index in [2.05, 4.69) is 15.0 Å². The lowest BCUT2D eigenvalue weighted by Crippen LogP contribution is -2.04. The van der Waals surface area contributed by atoms with Crippen molar-refractivity contribution in [2.75, 3.05) is 7.11 Å². The molecule has 0 amide bonds. The minimum Gasteiger partial charge on any atom is -0.496 e. The predicted molar refractivity (Wildman–Crippen MR) is 86.7 cm³/mol. The molecule has 0 unspecified atom stereocenters. The van der Waals surface area contributed by atoms with Gasteiger partial charge in [0.25, 0.3) is 0 Å². The molecule has 0 bridgehead atoms. The highest BCUT2D eigenvalue weighted by Crippen LogP contribution is 2.31. The zero-order chi connectivity index (χ0) is 18.2. The number of hydrogen-bond acceptors (Lipinski definition) is 4. The van der Waals surface area contributed by atoms with Crippen molar-refractivity contribution in [3.63, 3.8) is 0 Å². The number of nitrogens with one attached hydrogen (secondary N) is 1. The Hall–Kier alpha value is -2.42. The molecule has 5 nitrogen and oxygen atoms in total. The molecule has 132 valence electrons. The van der Waals surface area contributed by atoms with Crippen LogP contribution < -0.4 is 4.74 Å². The third-order valence-corrected chi connectivity index (χ3v) is 4.91. The number of nitrogens with zero attached hydrogens (tertiary/aromatic N) is 2. The van der Waals surface area contributed by atoms with Gasteiger partial charge in [-0.15, -0.1) is 0 Å². The van der Waals surface area contributed by atoms with E-state index in [4.69, 9.17) is 4.74 Å². The average Bonchev–Trinajstić information content (AvgIpc) is 2.99. The van der Waals surface area contributed by atoms with Crippen molar-refractivity contribution in [2.45, 2.75) is 24.0 Å². The zero-order valence-electron chi connectivity index (χ0n) is 13.3. The molecule has 3 rings (SSSR count). The normalized spacial score (nSPS) is 13.2. The van der Waals surface area contributed by atoms with Crippen molar-refractivity contribution in [2.24, 2.45) is 0 Å². The van der Waals surface area contributed by atoms with Crippen molar-refractivity contribution in [3.8, 4) is 5.75 Å². The van der Waals surface area contributed by atoms with Crippen LogP contribution in [0.25, 0.3) is 11.0 Å². The smallest absolute Gasteiger partial charge is 0.416 e. The molecule has 0 spiro atoms. The fourth-order valence-corrected chi connectivity index (χ4v) is 3.49. The molecule has 0 aliphatic heterocycles. The SMILES string of the molecule is COc1ccnc(C[S@](=O)c2nc3ccc(C(F)(F)F)cc3[nH]2)c1C. The van der Waals surface area contributed by atoms with Crippen LogP contribution in [0, 0.1) is 6.92 Å². The highest BCUT2D eigenvalue weighted by molar-refractivity contribution is 7.84. The van der Waals surface area contributed by atoms with Gasteiger partial charge in [0, 0.05) is 11.8 Å². The molecule has 3 aromatic rings. The summed E-state index contributed by atoms with van der Waals surface area (Å²) in [5, 5.41) is 0.110. The molecule has 0 fully saturated rings. The van der Waals surface area contributed by atoms with E-state index in [1.54, 1.807) is 19.2 Å². The highest BCUT2D eigenvalue weighted by atomic mass is 32.2. The first-order chi connectivity index (χ1) is 11.8. The van der Waals surface area contributed by atoms with Gasteiger partial charge < -0.3 is 9.72 Å². The van der Waals surface area contributed by atoms with E-state index in [0.717, 1.165) is 17.7 Å². The summed E-state index contributed by atoms with van der Waals surface area (Å²) >= 11 is 0. The third-order valence-electron chi connectivity index (χ3n) is 3.75. The number of pyridine rings is 1. The number of halogens is 3. The van der Waals surface area contributed by atoms with E-state index in [1.807, 2.05) is 0 Å². The summed E-state index contributed by atoms with van der Waals surface area (Å²) in [7, 11) is -0.0530. The minimum absolute atomic E-state index is 0.0784. The summed E-state index contributed by atoms with van der Waals surface area (Å²) < 4.78 is 56.0. The van der Waals surface area contributed by atoms with Crippen molar-refractivity contribution in [3.05, 3.63) is 47.3 Å². The molecule has 0 saturated heterocycles. The molecule has 1 aromatic carbocycles. The quantitative estimate of drug-likeness (QED) is 0.763. The molecule has 2 aromatic heterocycles. The number of hydrogen-bond donors (Lipinski definition) is 1. The van der Waals surface area contributed by atoms with Crippen molar-refractivity contribution in [1.29, 1.82) is 0 Å². The first kappa shape index (κ1) is 17.4. The summed E-state index contributed by atoms with van der Waals surface area (Å²) in [5.74, 6) is 0.705. The minimum atomic E-state index is -4.44. The average molecular weight is 369 g/mol. The van der Waals surface area contributed by atoms with Gasteiger partial charge in [0.2, 0.25) is 0 Å². The van der Waals surface area contributed by atoms with Crippen LogP contribution in [0.2, 0.25) is 0 Å². The van der Waals surface area contributed by atoms with Crippen LogP contribution in [0.4, 0.5) is 13.2 Å². The van der Waals surface area contributed by atoms with Gasteiger partial charge in [-0.2, -0.15) is 13.2 Å². The maximum absolute atomic E-state index is 12.8. The Morgan fingerprint density at radius 1 is 1.28 bits per heavy atom. The number of methoxy groups -OCH3 is 1. The topological polar surface area (TPSA) is 67.9 Å². The van der Waals surface area contributed by atoms with E-state index in [9.17, 15) is 17.4 Å². The first-order valence-electron chi connectivity index (χ1n) is 7.23. The van der Waals surface area contributed by atoms with Gasteiger partial charge in [0.15, 0.2) is 5.16 Å². The number of aromatic amines is 1. The van der Waals surface area contributed by atoms with E-state index in [-0.39, 0.29) is 16.4 Å². The van der Waals surface area contributed by atoms with E-state index < -0.39 is 22.5 Å². The van der Waals surface area contributed by atoms with E-state index in [0.29, 0.717) is 17.0 Å². The summed E-state index contributed by atoms with van der Waals surface area (Å²) in [4.78, 5) is 11.0. The molecule has 25 heavy (non-hydrogen) atoms. The summed E-state index contributed by atoms with van der Waals surface area (Å²) in [5.41, 5.74) is 1.06. The number of H-pyrrole nitrogens is 1. The maximum atomic E-state index is 12.8. The number of rotatable bonds is 4. The molecule has 1 N–H and O–H groups in total. The fourth-order valence-electron chi connectivity index (χ4n) is 2.39. The van der Waals surface area contributed by atoms with Crippen LogP contribution in [-0.4, -0.2) is 26.3 Å². The molecular weight excluding hydrogens is 355 g/mol. The second-order valence-corrected chi connectivity index (χ2v) is 6.71. The number of fused-ring (bicyclic) bond motifs is 1. The summed E-state index contributed by atoms with van der Waals surface area (Å²) in [6, 6.07) is 4.85. The molecule has 0 aliphatic carbocycles. The zero-order valence-corrected chi connectivity index (χ0v) is 14.2. The maximum Gasteiger partial charge on any atom is 0.416 e. The number of alkyl halides is 3. The van der Waals surface area contributed by atoms with E-state index >= 15 is 0 Å². The number of ether oxygens (including phenoxy) is 1. The Balaban J connectivity index is 1.90. The molecule has 9 heteroatoms. The van der Waals surface area contributed by atoms with Gasteiger partial charge in [0.1, 0.15) is 5.75 Å². The third kappa shape index (κ3) is 3.51. The number of aromatic nitrogens is 3. The lowest BCUT2D eigenvalue weighted by Gasteiger charge is -2.08. The van der Waals surface area contributed by atoms with Crippen molar-refractivity contribution < 1.29 is 22.1 Å². The second-order valence-electron chi connectivity index (χ2n) is 5.35. The first-order valence-corrected chi connectivity index (χ1v) is 8.55. The summed E-state index contributed by atoms with van der Waals surface area (Å²) in [6.07, 6.45) is -2.90. The molecule has 0 radical (unpaired) electrons. The van der Waals surface area contributed by atoms with Crippen LogP contribution >= 0.6 is 0 Å². The molecule has 2 heterocycles. The van der Waals surface area contributed by atoms with Crippen LogP contribution in [0.15, 0.2) is 35.6 Å². The lowest BCUT2D eigenvalue weighted by molar-refractivity contribution is -0.137. The summed E-state index contributed by atoms with van der Waals surface area (Å²) in [6.45, 7) is 1.80. The number of imidazole rings is 1. The Morgan fingerprint density at radius 3 is 2.72 bits per heavy atom. The van der Waals surface area contributed by atoms with Gasteiger partial charge in [-0.25, -0.2) is 4.98 Å². The Labute approximate surface area is 143 Å². The van der Waals surface area contributed by atoms with Crippen molar-refractivity contribution >= 4 is 21.8 Å². The van der Waals surface area contributed by atoms with Gasteiger partial charge in [-0.3, -0.25) is 9.19 Å². The number of benzene rings is 1. The van der Waals surface area contributed by atoms with Crippen LogP contribution in [0.3, 0.4) is 0 Å². The Bertz CT molecular complexity index is 953. The Kier molecular flexibility index (Phi) is 4.51. The van der Waals surface area contributed by atoms with E-state index in [1.165, 1.54) is 13.2 Å². The lowest BCUT2D eigenvalue weighted by atomic mass is 10.2. The largest absolute Gasteiger partial charge is 0.496 e. The van der Waals surface area contributed by atoms with Gasteiger partial charge in [-0.05, 0) is 31.2 Å². The standard InChI is InChI=1S/C16H14F3N3O2S/c1-9-13(20-6-5-14(9)24-2)8-25(23)15-21-11-4-3-10(16(17,18)19)7-12(11)22-15/h3-7H,8H2,1-2H3,(H,21,22)/t25-/m0/s1. The highest BCUT2D eigenvalue weighted by Gasteiger charge is 2.30. The van der Waals surface area contributed by atoms with Crippen LogP contribution in [-0.2, 0) is 22.7 Å². The van der Waals surface area contributed by atoms with Crippen LogP contribution in [0.1, 0.15) is 16.8 Å². The fraction of sp³-hybridized carbons (Fsp3) is 0.250. The van der Waals surface area contributed by atoms with Gasteiger partial charge in [-0.1, -0.05) is 0 Å². The van der Waals surface area contributed by atoms with Gasteiger partial charge in [0.05, 0.1) is 46.0 Å². The molecule has 0 aliphatic rings. The molecule has 0 saturated carbocycles. The Morgan fingerprint density at radius 2 is 2.04 bits per heavy atom. The van der Waals surface area contributed by atoms with Crippen molar-refractivity contribution in [1.82, 2.24) is 15.0 Å². The predicted octanol–water partition coefficient (Wildman–Crippen LogP) is 3.60. The monoisotopic (exact) mass is 369 g/mol. The molecule has 1 atom stereocenters. The van der Waals surface area contributed by atoms with Gasteiger partial charge >= 0.3 is 6.18 Å². The second kappa shape index (κ2) is 6.47. The molecular formula is C16H14F3N3O2S. The van der Waals surface area contributed by atoms with Crippen LogP contribution in [0.5, 0.6) is 5.75 Å².